The van der Waals surface area contributed by atoms with Crippen LogP contribution in [0.1, 0.15) is 39.2 Å². The average molecular weight is 621 g/mol. The monoisotopic (exact) mass is 619 g/mol. The van der Waals surface area contributed by atoms with Gasteiger partial charge in [-0.15, -0.1) is 0 Å². The van der Waals surface area contributed by atoms with E-state index in [0.717, 1.165) is 10.7 Å². The van der Waals surface area contributed by atoms with Crippen molar-refractivity contribution in [1.82, 2.24) is 10.2 Å². The van der Waals surface area contributed by atoms with E-state index in [2.05, 4.69) is 5.32 Å². The van der Waals surface area contributed by atoms with Crippen LogP contribution in [0.2, 0.25) is 10.0 Å². The van der Waals surface area contributed by atoms with Crippen LogP contribution in [0.3, 0.4) is 0 Å². The van der Waals surface area contributed by atoms with E-state index in [1.165, 1.54) is 17.0 Å². The third kappa shape index (κ3) is 8.38. The fourth-order valence-corrected chi connectivity index (χ4v) is 6.13. The van der Waals surface area contributed by atoms with Crippen molar-refractivity contribution in [3.05, 3.63) is 88.4 Å². The van der Waals surface area contributed by atoms with Gasteiger partial charge < -0.3 is 15.0 Å². The van der Waals surface area contributed by atoms with Crippen molar-refractivity contribution in [1.29, 1.82) is 0 Å². The number of amides is 2. The van der Waals surface area contributed by atoms with Gasteiger partial charge >= 0.3 is 0 Å². The Morgan fingerprint density at radius 3 is 2.22 bits per heavy atom. The Labute approximate surface area is 252 Å². The van der Waals surface area contributed by atoms with Crippen molar-refractivity contribution >= 4 is 50.7 Å². The predicted octanol–water partition coefficient (Wildman–Crippen LogP) is 5.92. The second-order valence-electron chi connectivity index (χ2n) is 9.22. The number of para-hydroxylation sites is 1. The molecule has 0 saturated heterocycles. The lowest BCUT2D eigenvalue weighted by atomic mass is 10.1. The predicted molar refractivity (Wildman–Crippen MR) is 163 cm³/mol. The summed E-state index contributed by atoms with van der Waals surface area (Å²) in [6.45, 7) is 5.89. The van der Waals surface area contributed by atoms with E-state index in [9.17, 15) is 18.0 Å². The number of sulfonamides is 1. The molecular weight excluding hydrogens is 585 g/mol. The van der Waals surface area contributed by atoms with Gasteiger partial charge in [0.1, 0.15) is 18.3 Å². The molecule has 0 aliphatic carbocycles. The smallest absolute Gasteiger partial charge is 0.264 e. The van der Waals surface area contributed by atoms with Crippen LogP contribution in [0, 0.1) is 0 Å². The zero-order chi connectivity index (χ0) is 30.0. The summed E-state index contributed by atoms with van der Waals surface area (Å²) < 4.78 is 34.4. The number of hydrogen-bond acceptors (Lipinski definition) is 5. The second-order valence-corrected chi connectivity index (χ2v) is 11.9. The third-order valence-corrected chi connectivity index (χ3v) is 8.71. The lowest BCUT2D eigenvalue weighted by Crippen LogP contribution is -2.52. The molecule has 0 radical (unpaired) electrons. The molecule has 0 heterocycles. The molecule has 0 fully saturated rings. The van der Waals surface area contributed by atoms with Gasteiger partial charge in [-0.1, -0.05) is 61.3 Å². The quantitative estimate of drug-likeness (QED) is 0.242. The molecule has 220 valence electrons. The number of anilines is 1. The first-order valence-electron chi connectivity index (χ1n) is 13.4. The Hall–Kier alpha value is -3.27. The summed E-state index contributed by atoms with van der Waals surface area (Å²) in [5, 5.41) is 3.62. The lowest BCUT2D eigenvalue weighted by Gasteiger charge is -2.33. The summed E-state index contributed by atoms with van der Waals surface area (Å²) in [7, 11) is -4.18. The number of ether oxygens (including phenoxy) is 1. The number of halogens is 2. The summed E-state index contributed by atoms with van der Waals surface area (Å²) in [6.07, 6.45) is 1.03. The Bertz CT molecular complexity index is 1420. The number of nitrogens with zero attached hydrogens (tertiary/aromatic N) is 2. The summed E-state index contributed by atoms with van der Waals surface area (Å²) in [5.41, 5.74) is 0.884. The highest BCUT2D eigenvalue weighted by molar-refractivity contribution is 7.92. The Morgan fingerprint density at radius 1 is 0.951 bits per heavy atom. The zero-order valence-corrected chi connectivity index (χ0v) is 25.7. The lowest BCUT2D eigenvalue weighted by molar-refractivity contribution is -0.140. The van der Waals surface area contributed by atoms with E-state index in [1.54, 1.807) is 67.6 Å². The van der Waals surface area contributed by atoms with Gasteiger partial charge in [-0.05, 0) is 73.9 Å². The number of rotatable bonds is 14. The first kappa shape index (κ1) is 32.2. The minimum absolute atomic E-state index is 0.00219. The van der Waals surface area contributed by atoms with E-state index < -0.39 is 28.5 Å². The van der Waals surface area contributed by atoms with Gasteiger partial charge in [0.25, 0.3) is 10.0 Å². The topological polar surface area (TPSA) is 96.0 Å². The maximum Gasteiger partial charge on any atom is 0.264 e. The van der Waals surface area contributed by atoms with Crippen LogP contribution >= 0.6 is 23.2 Å². The van der Waals surface area contributed by atoms with Crippen molar-refractivity contribution in [3.8, 4) is 5.75 Å². The molecule has 3 aromatic carbocycles. The summed E-state index contributed by atoms with van der Waals surface area (Å²) in [5.74, 6) is -0.356. The SMILES string of the molecule is CCCNC(=O)[C@@H](CC)N(Cc1ccc(Cl)cc1Cl)C(=O)CN(c1ccccc1)S(=O)(=O)c1ccc(OCC)cc1. The van der Waals surface area contributed by atoms with Gasteiger partial charge in [0.15, 0.2) is 0 Å². The highest BCUT2D eigenvalue weighted by atomic mass is 35.5. The van der Waals surface area contributed by atoms with E-state index in [1.807, 2.05) is 13.8 Å². The number of carbonyl (C=O) groups excluding carboxylic acids is 2. The molecule has 11 heteroatoms. The molecule has 0 aliphatic rings. The fraction of sp³-hybridized carbons (Fsp3) is 0.333. The van der Waals surface area contributed by atoms with Crippen LogP contribution in [0.15, 0.2) is 77.7 Å². The molecule has 1 atom stereocenters. The summed E-state index contributed by atoms with van der Waals surface area (Å²) in [6, 6.07) is 18.4. The molecule has 8 nitrogen and oxygen atoms in total. The number of benzene rings is 3. The maximum absolute atomic E-state index is 14.1. The summed E-state index contributed by atoms with van der Waals surface area (Å²) in [4.78, 5) is 28.6. The zero-order valence-electron chi connectivity index (χ0n) is 23.3. The molecule has 0 unspecified atom stereocenters. The number of carbonyl (C=O) groups is 2. The van der Waals surface area contributed by atoms with Crippen molar-refractivity contribution in [2.75, 3.05) is 24.0 Å². The van der Waals surface area contributed by atoms with Crippen molar-refractivity contribution < 1.29 is 22.7 Å². The first-order valence-corrected chi connectivity index (χ1v) is 15.6. The molecule has 41 heavy (non-hydrogen) atoms. The highest BCUT2D eigenvalue weighted by Crippen LogP contribution is 2.27. The van der Waals surface area contributed by atoms with E-state index in [4.69, 9.17) is 27.9 Å². The molecule has 3 rings (SSSR count). The fourth-order valence-electron chi connectivity index (χ4n) is 4.24. The minimum Gasteiger partial charge on any atom is -0.494 e. The molecule has 2 amide bonds. The molecule has 1 N–H and O–H groups in total. The van der Waals surface area contributed by atoms with Crippen LogP contribution < -0.4 is 14.4 Å². The normalized spacial score (nSPS) is 11.9. The first-order chi connectivity index (χ1) is 19.6. The molecule has 0 bridgehead atoms. The van der Waals surface area contributed by atoms with Crippen molar-refractivity contribution in [3.63, 3.8) is 0 Å². The maximum atomic E-state index is 14.1. The van der Waals surface area contributed by atoms with Crippen LogP contribution in [0.4, 0.5) is 5.69 Å². The van der Waals surface area contributed by atoms with Gasteiger partial charge in [0.2, 0.25) is 11.8 Å². The van der Waals surface area contributed by atoms with Gasteiger partial charge in [-0.3, -0.25) is 13.9 Å². The van der Waals surface area contributed by atoms with Crippen molar-refractivity contribution in [2.45, 2.75) is 51.1 Å². The molecule has 0 aliphatic heterocycles. The van der Waals surface area contributed by atoms with Crippen LogP contribution in [0.5, 0.6) is 5.75 Å². The van der Waals surface area contributed by atoms with E-state index in [0.29, 0.717) is 46.6 Å². The van der Waals surface area contributed by atoms with E-state index >= 15 is 0 Å². The second kappa shape index (κ2) is 15.1. The van der Waals surface area contributed by atoms with Crippen LogP contribution in [-0.2, 0) is 26.2 Å². The largest absolute Gasteiger partial charge is 0.494 e. The van der Waals surface area contributed by atoms with Gasteiger partial charge in [0.05, 0.1) is 17.2 Å². The molecule has 3 aromatic rings. The van der Waals surface area contributed by atoms with E-state index in [-0.39, 0.29) is 17.3 Å². The van der Waals surface area contributed by atoms with Crippen LogP contribution in [0.25, 0.3) is 0 Å². The highest BCUT2D eigenvalue weighted by Gasteiger charge is 2.34. The number of hydrogen-bond donors (Lipinski definition) is 1. The Balaban J connectivity index is 2.03. The van der Waals surface area contributed by atoms with Gasteiger partial charge in [-0.25, -0.2) is 8.42 Å². The number of nitrogens with one attached hydrogen (secondary N) is 1. The Kier molecular flexibility index (Phi) is 11.9. The third-order valence-electron chi connectivity index (χ3n) is 6.34. The standard InChI is InChI=1S/C30H35Cl2N3O5S/c1-4-18-33-30(37)28(5-2)34(20-22-12-13-23(31)19-27(22)32)29(36)21-35(24-10-8-7-9-11-24)41(38,39)26-16-14-25(15-17-26)40-6-3/h7-17,19,28H,4-6,18,20-21H2,1-3H3,(H,33,37)/t28-/m1/s1. The Morgan fingerprint density at radius 2 is 1.63 bits per heavy atom. The molecule has 0 spiro atoms. The average Bonchev–Trinajstić information content (AvgIpc) is 2.96. The molecule has 0 aromatic heterocycles. The molecular formula is C30H35Cl2N3O5S. The van der Waals surface area contributed by atoms with Gasteiger partial charge in [0, 0.05) is 23.1 Å². The minimum atomic E-state index is -4.18. The van der Waals surface area contributed by atoms with Gasteiger partial charge in [-0.2, -0.15) is 0 Å². The van der Waals surface area contributed by atoms with Crippen LogP contribution in [-0.4, -0.2) is 50.9 Å². The van der Waals surface area contributed by atoms with Crippen molar-refractivity contribution in [2.24, 2.45) is 0 Å². The molecule has 0 saturated carbocycles. The summed E-state index contributed by atoms with van der Waals surface area (Å²) >= 11 is 12.5.